The van der Waals surface area contributed by atoms with Gasteiger partial charge in [-0.25, -0.2) is 0 Å². The molecule has 0 saturated carbocycles. The van der Waals surface area contributed by atoms with E-state index in [1.165, 1.54) is 70.6 Å². The molecule has 1 aliphatic rings. The Morgan fingerprint density at radius 1 is 0.950 bits per heavy atom. The first kappa shape index (κ1) is 17.8. The molecule has 0 N–H and O–H groups in total. The molecule has 0 aromatic rings. The highest BCUT2D eigenvalue weighted by Gasteiger charge is 2.35. The zero-order valence-corrected chi connectivity index (χ0v) is 14.1. The van der Waals surface area contributed by atoms with E-state index in [1.807, 2.05) is 0 Å². The van der Waals surface area contributed by atoms with Crippen molar-refractivity contribution in [3.63, 3.8) is 0 Å². The third kappa shape index (κ3) is 9.58. The molecule has 0 aromatic carbocycles. The van der Waals surface area contributed by atoms with Crippen LogP contribution in [0.2, 0.25) is 0 Å². The van der Waals surface area contributed by atoms with Gasteiger partial charge in [0.1, 0.15) is 6.10 Å². The van der Waals surface area contributed by atoms with E-state index in [2.05, 4.69) is 32.9 Å². The third-order valence-electron chi connectivity index (χ3n) is 4.19. The van der Waals surface area contributed by atoms with Crippen molar-refractivity contribution in [3.05, 3.63) is 12.2 Å². The molecule has 0 radical (unpaired) electrons. The SMILES string of the molecule is CCCCCCCC/C=C\[C@@H]1O[C@@H]1CCCCC(C)C. The van der Waals surface area contributed by atoms with Crippen molar-refractivity contribution in [3.8, 4) is 0 Å². The second kappa shape index (κ2) is 11.4. The molecule has 1 heteroatoms. The van der Waals surface area contributed by atoms with Crippen LogP contribution in [0.3, 0.4) is 0 Å². The van der Waals surface area contributed by atoms with Gasteiger partial charge >= 0.3 is 0 Å². The van der Waals surface area contributed by atoms with E-state index in [9.17, 15) is 0 Å². The van der Waals surface area contributed by atoms with Crippen molar-refractivity contribution in [1.29, 1.82) is 0 Å². The number of rotatable bonds is 13. The Labute approximate surface area is 127 Å². The lowest BCUT2D eigenvalue weighted by atomic mass is 10.0. The van der Waals surface area contributed by atoms with Crippen LogP contribution in [0.15, 0.2) is 12.2 Å². The zero-order chi connectivity index (χ0) is 14.6. The number of ether oxygens (including phenoxy) is 1. The molecule has 0 bridgehead atoms. The van der Waals surface area contributed by atoms with E-state index in [0.717, 1.165) is 5.92 Å². The normalized spacial score (nSPS) is 22.0. The fraction of sp³-hybridized carbons (Fsp3) is 0.895. The first-order valence-electron chi connectivity index (χ1n) is 9.06. The lowest BCUT2D eigenvalue weighted by Gasteiger charge is -2.02. The molecule has 118 valence electrons. The van der Waals surface area contributed by atoms with Crippen LogP contribution in [0.5, 0.6) is 0 Å². The summed E-state index contributed by atoms with van der Waals surface area (Å²) in [5.41, 5.74) is 0. The fourth-order valence-electron chi connectivity index (χ4n) is 2.73. The Balaban J connectivity index is 1.85. The Morgan fingerprint density at radius 3 is 2.45 bits per heavy atom. The van der Waals surface area contributed by atoms with Gasteiger partial charge in [0.15, 0.2) is 0 Å². The van der Waals surface area contributed by atoms with Crippen molar-refractivity contribution < 1.29 is 4.74 Å². The van der Waals surface area contributed by atoms with Gasteiger partial charge in [0, 0.05) is 0 Å². The average Bonchev–Trinajstić information content (AvgIpc) is 3.16. The number of allylic oxidation sites excluding steroid dienone is 1. The van der Waals surface area contributed by atoms with Gasteiger partial charge in [-0.05, 0) is 25.2 Å². The predicted octanol–water partition coefficient (Wildman–Crippen LogP) is 6.28. The molecule has 1 aliphatic heterocycles. The second-order valence-electron chi connectivity index (χ2n) is 6.80. The van der Waals surface area contributed by atoms with Crippen LogP contribution in [0.1, 0.15) is 91.4 Å². The van der Waals surface area contributed by atoms with Crippen molar-refractivity contribution in [2.24, 2.45) is 5.92 Å². The minimum atomic E-state index is 0.453. The van der Waals surface area contributed by atoms with Crippen LogP contribution in [-0.2, 0) is 4.74 Å². The van der Waals surface area contributed by atoms with Gasteiger partial charge in [0.25, 0.3) is 0 Å². The number of hydrogen-bond acceptors (Lipinski definition) is 1. The van der Waals surface area contributed by atoms with Gasteiger partial charge in [0.2, 0.25) is 0 Å². The van der Waals surface area contributed by atoms with Crippen LogP contribution >= 0.6 is 0 Å². The lowest BCUT2D eigenvalue weighted by molar-refractivity contribution is 0.370. The molecule has 1 fully saturated rings. The van der Waals surface area contributed by atoms with E-state index in [1.54, 1.807) is 0 Å². The van der Waals surface area contributed by atoms with Crippen LogP contribution in [0.4, 0.5) is 0 Å². The molecule has 1 nitrogen and oxygen atoms in total. The summed E-state index contributed by atoms with van der Waals surface area (Å²) >= 11 is 0. The Morgan fingerprint density at radius 2 is 1.70 bits per heavy atom. The number of epoxide rings is 1. The third-order valence-corrected chi connectivity index (χ3v) is 4.19. The summed E-state index contributed by atoms with van der Waals surface area (Å²) in [6, 6.07) is 0. The van der Waals surface area contributed by atoms with Crippen LogP contribution in [0.25, 0.3) is 0 Å². The van der Waals surface area contributed by atoms with Crippen molar-refractivity contribution in [2.45, 2.75) is 104 Å². The highest BCUT2D eigenvalue weighted by Crippen LogP contribution is 2.29. The van der Waals surface area contributed by atoms with Gasteiger partial charge in [-0.2, -0.15) is 0 Å². The summed E-state index contributed by atoms with van der Waals surface area (Å²) in [4.78, 5) is 0. The lowest BCUT2D eigenvalue weighted by Crippen LogP contribution is -1.93. The highest BCUT2D eigenvalue weighted by atomic mass is 16.6. The first-order valence-corrected chi connectivity index (χ1v) is 9.06. The van der Waals surface area contributed by atoms with Crippen molar-refractivity contribution in [2.75, 3.05) is 0 Å². The predicted molar refractivity (Wildman–Crippen MR) is 89.1 cm³/mol. The second-order valence-corrected chi connectivity index (χ2v) is 6.80. The summed E-state index contributed by atoms with van der Waals surface area (Å²) in [6.45, 7) is 6.89. The summed E-state index contributed by atoms with van der Waals surface area (Å²) in [5, 5.41) is 0. The summed E-state index contributed by atoms with van der Waals surface area (Å²) < 4.78 is 5.70. The maximum atomic E-state index is 5.70. The van der Waals surface area contributed by atoms with Crippen LogP contribution in [-0.4, -0.2) is 12.2 Å². The van der Waals surface area contributed by atoms with E-state index in [0.29, 0.717) is 12.2 Å². The number of unbranched alkanes of at least 4 members (excludes halogenated alkanes) is 7. The maximum absolute atomic E-state index is 5.70. The Hall–Kier alpha value is -0.300. The Kier molecular flexibility index (Phi) is 10.1. The molecule has 2 atom stereocenters. The molecule has 0 unspecified atom stereocenters. The Bertz CT molecular complexity index is 244. The monoisotopic (exact) mass is 280 g/mol. The van der Waals surface area contributed by atoms with E-state index in [-0.39, 0.29) is 0 Å². The minimum absolute atomic E-state index is 0.453. The molecule has 20 heavy (non-hydrogen) atoms. The molecule has 1 saturated heterocycles. The van der Waals surface area contributed by atoms with Crippen molar-refractivity contribution in [1.82, 2.24) is 0 Å². The molecule has 0 spiro atoms. The molecule has 0 aromatic heterocycles. The summed E-state index contributed by atoms with van der Waals surface area (Å²) in [5.74, 6) is 0.850. The molecule has 1 heterocycles. The van der Waals surface area contributed by atoms with Gasteiger partial charge in [-0.15, -0.1) is 0 Å². The van der Waals surface area contributed by atoms with E-state index >= 15 is 0 Å². The fourth-order valence-corrected chi connectivity index (χ4v) is 2.73. The molecule has 0 aliphatic carbocycles. The number of hydrogen-bond donors (Lipinski definition) is 0. The molecular formula is C19H36O. The zero-order valence-electron chi connectivity index (χ0n) is 14.1. The van der Waals surface area contributed by atoms with Gasteiger partial charge in [0.05, 0.1) is 6.10 Å². The van der Waals surface area contributed by atoms with Crippen LogP contribution in [0, 0.1) is 5.92 Å². The summed E-state index contributed by atoms with van der Waals surface area (Å²) in [7, 11) is 0. The maximum Gasteiger partial charge on any atom is 0.102 e. The highest BCUT2D eigenvalue weighted by molar-refractivity contribution is 5.02. The molecule has 1 rings (SSSR count). The topological polar surface area (TPSA) is 12.5 Å². The molecule has 0 amide bonds. The summed E-state index contributed by atoms with van der Waals surface area (Å²) in [6.07, 6.45) is 20.6. The smallest absolute Gasteiger partial charge is 0.102 e. The first-order chi connectivity index (χ1) is 9.74. The standard InChI is InChI=1S/C19H36O/c1-4-5-6-7-8-9-10-11-15-18-19(20-18)16-13-12-14-17(2)3/h11,15,17-19H,4-10,12-14,16H2,1-3H3/b15-11-/t18-,19+/m0/s1. The largest absolute Gasteiger partial charge is 0.365 e. The quantitative estimate of drug-likeness (QED) is 0.220. The van der Waals surface area contributed by atoms with Gasteiger partial charge in [-0.3, -0.25) is 0 Å². The average molecular weight is 280 g/mol. The van der Waals surface area contributed by atoms with Crippen LogP contribution < -0.4 is 0 Å². The van der Waals surface area contributed by atoms with Crippen molar-refractivity contribution >= 4 is 0 Å². The van der Waals surface area contributed by atoms with E-state index in [4.69, 9.17) is 4.74 Å². The van der Waals surface area contributed by atoms with Gasteiger partial charge in [-0.1, -0.05) is 84.3 Å². The minimum Gasteiger partial charge on any atom is -0.365 e. The van der Waals surface area contributed by atoms with Gasteiger partial charge < -0.3 is 4.74 Å². The molecular weight excluding hydrogens is 244 g/mol. The van der Waals surface area contributed by atoms with E-state index < -0.39 is 0 Å².